The van der Waals surface area contributed by atoms with Crippen LogP contribution in [0.25, 0.3) is 0 Å². The van der Waals surface area contributed by atoms with Gasteiger partial charge in [0.1, 0.15) is 24.9 Å². The van der Waals surface area contributed by atoms with Gasteiger partial charge < -0.3 is 24.1 Å². The minimum Gasteiger partial charge on any atom is -0.462 e. The van der Waals surface area contributed by atoms with E-state index in [0.29, 0.717) is 12.8 Å². The third-order valence-corrected chi connectivity index (χ3v) is 6.67. The topological polar surface area (TPSA) is 125 Å². The highest BCUT2D eigenvalue weighted by Crippen LogP contribution is 2.36. The fourth-order valence-corrected chi connectivity index (χ4v) is 3.08. The molecule has 1 aliphatic rings. The molecule has 36 heavy (non-hydrogen) atoms. The van der Waals surface area contributed by atoms with E-state index >= 15 is 0 Å². The molecule has 0 spiro atoms. The Labute approximate surface area is 215 Å². The number of hydrogen-bond donors (Lipinski definition) is 1. The molecule has 0 aromatic carbocycles. The largest absolute Gasteiger partial charge is 0.462 e. The first-order chi connectivity index (χ1) is 16.7. The zero-order chi connectivity index (χ0) is 28.0. The van der Waals surface area contributed by atoms with Crippen molar-refractivity contribution in [3.63, 3.8) is 0 Å². The van der Waals surface area contributed by atoms with Crippen molar-refractivity contribution in [2.45, 2.75) is 105 Å². The maximum atomic E-state index is 11.8. The maximum Gasteiger partial charge on any atom is 0.344 e. The van der Waals surface area contributed by atoms with Gasteiger partial charge >= 0.3 is 23.9 Å². The summed E-state index contributed by atoms with van der Waals surface area (Å²) in [6.45, 7) is 15.5. The minimum atomic E-state index is -1.02. The minimum absolute atomic E-state index is 0.188. The van der Waals surface area contributed by atoms with Gasteiger partial charge in [-0.3, -0.25) is 9.59 Å². The molecular formula is C27H46O9. The van der Waals surface area contributed by atoms with Gasteiger partial charge in [-0.15, -0.1) is 0 Å². The molecular weight excluding hydrogens is 468 g/mol. The van der Waals surface area contributed by atoms with Gasteiger partial charge in [0, 0.05) is 6.08 Å². The maximum absolute atomic E-state index is 11.8. The zero-order valence-corrected chi connectivity index (χ0v) is 23.1. The Morgan fingerprint density at radius 1 is 0.889 bits per heavy atom. The van der Waals surface area contributed by atoms with Gasteiger partial charge in [0.05, 0.1) is 10.8 Å². The second-order valence-corrected chi connectivity index (χ2v) is 10.4. The van der Waals surface area contributed by atoms with Crippen LogP contribution in [0.1, 0.15) is 93.4 Å². The lowest BCUT2D eigenvalue weighted by Gasteiger charge is -2.28. The summed E-state index contributed by atoms with van der Waals surface area (Å²) in [7, 11) is 0. The summed E-state index contributed by atoms with van der Waals surface area (Å²) >= 11 is 0. The van der Waals surface area contributed by atoms with Gasteiger partial charge in [0.15, 0.2) is 6.61 Å². The van der Waals surface area contributed by atoms with E-state index in [0.717, 1.165) is 38.2 Å². The number of aliphatic hydroxyl groups is 1. The van der Waals surface area contributed by atoms with Gasteiger partial charge in [0.25, 0.3) is 0 Å². The molecule has 1 rings (SSSR count). The van der Waals surface area contributed by atoms with Crippen LogP contribution in [-0.4, -0.2) is 60.5 Å². The molecule has 0 aliphatic heterocycles. The number of rotatable bonds is 13. The number of carbonyl (C=O) groups is 4. The lowest BCUT2D eigenvalue weighted by atomic mass is 9.91. The van der Waals surface area contributed by atoms with E-state index in [9.17, 15) is 24.3 Å². The molecule has 1 aliphatic carbocycles. The van der Waals surface area contributed by atoms with Crippen molar-refractivity contribution in [2.75, 3.05) is 19.8 Å². The van der Waals surface area contributed by atoms with Crippen molar-refractivity contribution in [1.29, 1.82) is 0 Å². The molecule has 1 unspecified atom stereocenters. The summed E-state index contributed by atoms with van der Waals surface area (Å²) in [5.41, 5.74) is -1.43. The Morgan fingerprint density at radius 2 is 1.36 bits per heavy atom. The smallest absolute Gasteiger partial charge is 0.344 e. The molecule has 0 saturated heterocycles. The molecule has 208 valence electrons. The van der Waals surface area contributed by atoms with Gasteiger partial charge in [0.2, 0.25) is 0 Å². The lowest BCUT2D eigenvalue weighted by molar-refractivity contribution is -0.173. The van der Waals surface area contributed by atoms with Crippen LogP contribution in [0.3, 0.4) is 0 Å². The summed E-state index contributed by atoms with van der Waals surface area (Å²) in [5.74, 6) is -1.77. The summed E-state index contributed by atoms with van der Waals surface area (Å²) in [4.78, 5) is 45.8. The van der Waals surface area contributed by atoms with Crippen LogP contribution in [0.4, 0.5) is 0 Å². The van der Waals surface area contributed by atoms with Crippen LogP contribution in [0.5, 0.6) is 0 Å². The SMILES string of the molecule is C=CC(=O)OCC(O)COC(=O)C(C)(C)CC.CCC1(OC(=O)COC(=O)C(C)(C)CC)CCCC1. The van der Waals surface area contributed by atoms with Gasteiger partial charge in [-0.1, -0.05) is 27.4 Å². The van der Waals surface area contributed by atoms with Crippen molar-refractivity contribution in [1.82, 2.24) is 0 Å². The zero-order valence-electron chi connectivity index (χ0n) is 23.1. The molecule has 0 aromatic heterocycles. The Hall–Kier alpha value is -2.42. The first-order valence-electron chi connectivity index (χ1n) is 12.7. The molecule has 1 N–H and O–H groups in total. The Bertz CT molecular complexity index is 734. The highest BCUT2D eigenvalue weighted by Gasteiger charge is 2.36. The van der Waals surface area contributed by atoms with Crippen LogP contribution in [0.2, 0.25) is 0 Å². The van der Waals surface area contributed by atoms with Crippen molar-refractivity contribution >= 4 is 23.9 Å². The molecule has 0 bridgehead atoms. The van der Waals surface area contributed by atoms with Crippen molar-refractivity contribution in [3.8, 4) is 0 Å². The third-order valence-electron chi connectivity index (χ3n) is 6.67. The summed E-state index contributed by atoms with van der Waals surface area (Å²) < 4.78 is 20.1. The van der Waals surface area contributed by atoms with Gasteiger partial charge in [-0.05, 0) is 72.6 Å². The molecule has 0 radical (unpaired) electrons. The quantitative estimate of drug-likeness (QED) is 0.218. The van der Waals surface area contributed by atoms with Crippen molar-refractivity contribution < 1.29 is 43.2 Å². The predicted octanol–water partition coefficient (Wildman–Crippen LogP) is 4.29. The normalized spacial score (nSPS) is 15.6. The van der Waals surface area contributed by atoms with E-state index in [1.165, 1.54) is 0 Å². The Balaban J connectivity index is 0.000000686. The molecule has 0 heterocycles. The first-order valence-corrected chi connectivity index (χ1v) is 12.7. The fourth-order valence-electron chi connectivity index (χ4n) is 3.08. The number of hydrogen-bond acceptors (Lipinski definition) is 9. The van der Waals surface area contributed by atoms with Crippen molar-refractivity contribution in [2.24, 2.45) is 10.8 Å². The van der Waals surface area contributed by atoms with Gasteiger partial charge in [-0.25, -0.2) is 9.59 Å². The van der Waals surface area contributed by atoms with E-state index in [1.54, 1.807) is 13.8 Å². The second-order valence-electron chi connectivity index (χ2n) is 10.4. The lowest BCUT2D eigenvalue weighted by Crippen LogP contribution is -2.34. The molecule has 0 aromatic rings. The monoisotopic (exact) mass is 514 g/mol. The molecule has 9 nitrogen and oxygen atoms in total. The average Bonchev–Trinajstić information content (AvgIpc) is 3.33. The highest BCUT2D eigenvalue weighted by molar-refractivity contribution is 5.81. The van der Waals surface area contributed by atoms with E-state index in [2.05, 4.69) is 11.3 Å². The third kappa shape index (κ3) is 12.0. The Kier molecular flexibility index (Phi) is 14.6. The van der Waals surface area contributed by atoms with E-state index in [4.69, 9.17) is 14.2 Å². The first kappa shape index (κ1) is 33.6. The molecule has 0 amide bonds. The number of aliphatic hydroxyl groups excluding tert-OH is 1. The van der Waals surface area contributed by atoms with Crippen molar-refractivity contribution in [3.05, 3.63) is 12.7 Å². The second kappa shape index (κ2) is 15.6. The predicted molar refractivity (Wildman–Crippen MR) is 135 cm³/mol. The van der Waals surface area contributed by atoms with Gasteiger partial charge in [-0.2, -0.15) is 0 Å². The van der Waals surface area contributed by atoms with E-state index in [1.807, 2.05) is 34.6 Å². The fraction of sp³-hybridized carbons (Fsp3) is 0.778. The van der Waals surface area contributed by atoms with Crippen LogP contribution in [0, 0.1) is 10.8 Å². The summed E-state index contributed by atoms with van der Waals surface area (Å²) in [6, 6.07) is 0. The van der Waals surface area contributed by atoms with E-state index in [-0.39, 0.29) is 37.4 Å². The summed E-state index contributed by atoms with van der Waals surface area (Å²) in [5, 5.41) is 9.39. The number of esters is 4. The standard InChI is InChI=1S/C15H26O4.C12H20O5/c1-5-14(3,4)13(17)18-11-12(16)19-15(6-2)9-7-8-10-15;1-5-10(14)16-7-9(13)8-17-11(15)12(3,4)6-2/h5-11H2,1-4H3;5,9,13H,1,6-8H2,2-4H3. The summed E-state index contributed by atoms with van der Waals surface area (Å²) in [6.07, 6.45) is 6.18. The molecule has 1 saturated carbocycles. The number of carbonyl (C=O) groups excluding carboxylic acids is 4. The Morgan fingerprint density at radius 3 is 1.81 bits per heavy atom. The van der Waals surface area contributed by atoms with Crippen LogP contribution >= 0.6 is 0 Å². The van der Waals surface area contributed by atoms with Crippen LogP contribution in [0.15, 0.2) is 12.7 Å². The van der Waals surface area contributed by atoms with Crippen LogP contribution in [-0.2, 0) is 38.1 Å². The average molecular weight is 515 g/mol. The highest BCUT2D eigenvalue weighted by atomic mass is 16.6. The van der Waals surface area contributed by atoms with E-state index < -0.39 is 28.9 Å². The van der Waals surface area contributed by atoms with Crippen LogP contribution < -0.4 is 0 Å². The molecule has 1 fully saturated rings. The molecule has 9 heteroatoms. The molecule has 1 atom stereocenters. The number of ether oxygens (including phenoxy) is 4.